The van der Waals surface area contributed by atoms with E-state index < -0.39 is 0 Å². The maximum atomic E-state index is 4.77. The number of nitrogens with one attached hydrogen (secondary N) is 2. The Morgan fingerprint density at radius 1 is 1.11 bits per heavy atom. The maximum Gasteiger partial charge on any atom is 0.164 e. The van der Waals surface area contributed by atoms with Gasteiger partial charge in [-0.2, -0.15) is 10.2 Å². The van der Waals surface area contributed by atoms with E-state index in [0.717, 1.165) is 41.0 Å². The molecule has 2 N–H and O–H groups in total. The van der Waals surface area contributed by atoms with Crippen molar-refractivity contribution in [3.8, 4) is 11.4 Å². The van der Waals surface area contributed by atoms with Crippen molar-refractivity contribution in [3.05, 3.63) is 47.7 Å². The van der Waals surface area contributed by atoms with Crippen LogP contribution in [0.2, 0.25) is 0 Å². The van der Waals surface area contributed by atoms with Gasteiger partial charge in [-0.25, -0.2) is 9.97 Å². The van der Waals surface area contributed by atoms with Crippen LogP contribution in [0.4, 0.5) is 5.82 Å². The van der Waals surface area contributed by atoms with E-state index in [1.54, 1.807) is 23.3 Å². The molecule has 0 amide bonds. The molecule has 1 aliphatic carbocycles. The Hall–Kier alpha value is -3.29. The molecular formula is C20H22N8. The van der Waals surface area contributed by atoms with Gasteiger partial charge in [0.2, 0.25) is 0 Å². The van der Waals surface area contributed by atoms with E-state index in [2.05, 4.69) is 25.6 Å². The third-order valence-corrected chi connectivity index (χ3v) is 5.35. The zero-order valence-electron chi connectivity index (χ0n) is 15.8. The van der Waals surface area contributed by atoms with Crippen molar-refractivity contribution in [3.63, 3.8) is 0 Å². The van der Waals surface area contributed by atoms with Crippen LogP contribution >= 0.6 is 0 Å². The smallest absolute Gasteiger partial charge is 0.164 e. The molecule has 8 nitrogen and oxygen atoms in total. The second-order valence-electron chi connectivity index (χ2n) is 7.18. The second-order valence-corrected chi connectivity index (χ2v) is 7.18. The summed E-state index contributed by atoms with van der Waals surface area (Å²) in [5.41, 5.74) is 5.47. The summed E-state index contributed by atoms with van der Waals surface area (Å²) in [4.78, 5) is 13.5. The van der Waals surface area contributed by atoms with Crippen LogP contribution in [0.25, 0.3) is 22.4 Å². The van der Waals surface area contributed by atoms with Gasteiger partial charge in [-0.1, -0.05) is 6.42 Å². The van der Waals surface area contributed by atoms with Crippen LogP contribution in [0.15, 0.2) is 30.7 Å². The van der Waals surface area contributed by atoms with Crippen LogP contribution in [0.1, 0.15) is 36.2 Å². The highest BCUT2D eigenvalue weighted by molar-refractivity contribution is 5.88. The fourth-order valence-corrected chi connectivity index (χ4v) is 3.83. The normalized spacial score (nSPS) is 14.0. The molecule has 8 heteroatoms. The van der Waals surface area contributed by atoms with Gasteiger partial charge < -0.3 is 5.32 Å². The first-order valence-corrected chi connectivity index (χ1v) is 9.68. The Balaban J connectivity index is 1.50. The highest BCUT2D eigenvalue weighted by Gasteiger charge is 2.17. The fraction of sp³-hybridized carbons (Fsp3) is 0.350. The molecule has 0 saturated heterocycles. The van der Waals surface area contributed by atoms with Gasteiger partial charge in [0.05, 0.1) is 23.8 Å². The number of aromatic nitrogens is 7. The van der Waals surface area contributed by atoms with E-state index >= 15 is 0 Å². The molecule has 0 atom stereocenters. The average molecular weight is 374 g/mol. The number of hydrogen-bond acceptors (Lipinski definition) is 6. The lowest BCUT2D eigenvalue weighted by molar-refractivity contribution is 0.699. The largest absolute Gasteiger partial charge is 0.364 e. The monoisotopic (exact) mass is 374 g/mol. The lowest BCUT2D eigenvalue weighted by atomic mass is 10.1. The van der Waals surface area contributed by atoms with Crippen LogP contribution in [0.3, 0.4) is 0 Å². The molecule has 4 heterocycles. The van der Waals surface area contributed by atoms with Crippen molar-refractivity contribution in [2.45, 2.75) is 38.6 Å². The first kappa shape index (κ1) is 16.9. The first-order chi connectivity index (χ1) is 13.8. The van der Waals surface area contributed by atoms with Crippen molar-refractivity contribution in [2.24, 2.45) is 7.05 Å². The number of hydrogen-bond donors (Lipinski definition) is 2. The molecule has 142 valence electrons. The summed E-state index contributed by atoms with van der Waals surface area (Å²) in [6.07, 6.45) is 11.2. The summed E-state index contributed by atoms with van der Waals surface area (Å²) in [5, 5.41) is 16.5. The van der Waals surface area contributed by atoms with Crippen LogP contribution in [-0.2, 0) is 26.4 Å². The summed E-state index contributed by atoms with van der Waals surface area (Å²) in [6.45, 7) is 0.628. The zero-order chi connectivity index (χ0) is 18.9. The number of rotatable bonds is 4. The zero-order valence-corrected chi connectivity index (χ0v) is 15.8. The van der Waals surface area contributed by atoms with Gasteiger partial charge in [0, 0.05) is 30.7 Å². The van der Waals surface area contributed by atoms with Crippen molar-refractivity contribution >= 4 is 16.9 Å². The Morgan fingerprint density at radius 2 is 1.96 bits per heavy atom. The van der Waals surface area contributed by atoms with Crippen LogP contribution in [-0.4, -0.2) is 34.9 Å². The summed E-state index contributed by atoms with van der Waals surface area (Å²) in [6, 6.07) is 3.82. The summed E-state index contributed by atoms with van der Waals surface area (Å²) >= 11 is 0. The number of fused-ring (bicyclic) bond motifs is 2. The predicted molar refractivity (Wildman–Crippen MR) is 107 cm³/mol. The van der Waals surface area contributed by atoms with Gasteiger partial charge in [-0.05, 0) is 43.4 Å². The third-order valence-electron chi connectivity index (χ3n) is 5.35. The van der Waals surface area contributed by atoms with E-state index in [1.807, 2.05) is 19.2 Å². The van der Waals surface area contributed by atoms with Gasteiger partial charge in [-0.15, -0.1) is 0 Å². The molecule has 0 radical (unpaired) electrons. The average Bonchev–Trinajstić information content (AvgIpc) is 3.21. The topological polar surface area (TPSA) is 97.2 Å². The minimum atomic E-state index is 0.628. The molecule has 0 bridgehead atoms. The van der Waals surface area contributed by atoms with Crippen LogP contribution in [0, 0.1) is 0 Å². The Morgan fingerprint density at radius 3 is 2.86 bits per heavy atom. The highest BCUT2D eigenvalue weighted by atomic mass is 15.3. The van der Waals surface area contributed by atoms with E-state index in [1.165, 1.54) is 30.5 Å². The first-order valence-electron chi connectivity index (χ1n) is 9.68. The van der Waals surface area contributed by atoms with E-state index in [9.17, 15) is 0 Å². The molecule has 4 aromatic rings. The molecule has 0 aliphatic heterocycles. The lowest BCUT2D eigenvalue weighted by Crippen LogP contribution is -2.07. The third kappa shape index (κ3) is 3.00. The number of aryl methyl sites for hydroxylation is 2. The Bertz CT molecular complexity index is 1110. The van der Waals surface area contributed by atoms with Gasteiger partial charge >= 0.3 is 0 Å². The molecule has 0 spiro atoms. The summed E-state index contributed by atoms with van der Waals surface area (Å²) in [5.74, 6) is 1.43. The van der Waals surface area contributed by atoms with Crippen molar-refractivity contribution in [1.82, 2.24) is 34.9 Å². The standard InChI is InChI=1S/C20H22N8/c1-28-20-15(11-23-28)19(24-18(25-20)13-7-9-21-10-8-13)22-12-17-14-5-3-2-4-6-16(14)26-27-17/h7-11H,2-6,12H2,1H3,(H,26,27)(H,22,24,25). The van der Waals surface area contributed by atoms with E-state index in [0.29, 0.717) is 12.4 Å². The van der Waals surface area contributed by atoms with Gasteiger partial charge in [-0.3, -0.25) is 14.8 Å². The number of H-pyrrole nitrogens is 1. The molecule has 0 saturated carbocycles. The molecule has 28 heavy (non-hydrogen) atoms. The number of pyridine rings is 1. The number of aromatic amines is 1. The molecule has 1 aliphatic rings. The second kappa shape index (κ2) is 7.03. The molecule has 4 aromatic heterocycles. The van der Waals surface area contributed by atoms with Gasteiger partial charge in [0.15, 0.2) is 11.5 Å². The number of anilines is 1. The molecule has 0 fully saturated rings. The van der Waals surface area contributed by atoms with Crippen molar-refractivity contribution in [1.29, 1.82) is 0 Å². The van der Waals surface area contributed by atoms with Crippen LogP contribution < -0.4 is 5.32 Å². The molecule has 0 aromatic carbocycles. The highest BCUT2D eigenvalue weighted by Crippen LogP contribution is 2.26. The van der Waals surface area contributed by atoms with Gasteiger partial charge in [0.25, 0.3) is 0 Å². The number of nitrogens with zero attached hydrogens (tertiary/aromatic N) is 6. The van der Waals surface area contributed by atoms with Crippen molar-refractivity contribution < 1.29 is 0 Å². The van der Waals surface area contributed by atoms with Gasteiger partial charge in [0.1, 0.15) is 5.82 Å². The fourth-order valence-electron chi connectivity index (χ4n) is 3.83. The lowest BCUT2D eigenvalue weighted by Gasteiger charge is -2.09. The quantitative estimate of drug-likeness (QED) is 0.533. The summed E-state index contributed by atoms with van der Waals surface area (Å²) in [7, 11) is 1.89. The molecular weight excluding hydrogens is 352 g/mol. The van der Waals surface area contributed by atoms with Crippen molar-refractivity contribution in [2.75, 3.05) is 5.32 Å². The predicted octanol–water partition coefficient (Wildman–Crippen LogP) is 3.03. The molecule has 5 rings (SSSR count). The SMILES string of the molecule is Cn1ncc2c(NCc3n[nH]c4c3CCCCC4)nc(-c3ccncc3)nc21. The Kier molecular flexibility index (Phi) is 4.23. The van der Waals surface area contributed by atoms with Crippen LogP contribution in [0.5, 0.6) is 0 Å². The Labute approximate surface area is 162 Å². The van der Waals surface area contributed by atoms with E-state index in [-0.39, 0.29) is 0 Å². The minimum absolute atomic E-state index is 0.628. The maximum absolute atomic E-state index is 4.77. The minimum Gasteiger partial charge on any atom is -0.364 e. The molecule has 0 unspecified atom stereocenters. The summed E-state index contributed by atoms with van der Waals surface area (Å²) < 4.78 is 1.77. The van der Waals surface area contributed by atoms with E-state index in [4.69, 9.17) is 9.97 Å².